The van der Waals surface area contributed by atoms with E-state index in [1.807, 2.05) is 61.5 Å². The number of carbonyl (C=O) groups excluding carboxylic acids is 2. The molecular weight excluding hydrogens is 565 g/mol. The number of hydrogen-bond donors (Lipinski definition) is 1. The summed E-state index contributed by atoms with van der Waals surface area (Å²) in [5.41, 5.74) is 2.72. The summed E-state index contributed by atoms with van der Waals surface area (Å²) < 4.78 is 40.5. The third-order valence-electron chi connectivity index (χ3n) is 7.28. The van der Waals surface area contributed by atoms with Gasteiger partial charge in [0, 0.05) is 19.0 Å². The molecule has 218 valence electrons. The van der Waals surface area contributed by atoms with E-state index in [9.17, 15) is 22.4 Å². The van der Waals surface area contributed by atoms with Crippen LogP contribution in [0.15, 0.2) is 72.8 Å². The number of halogens is 2. The summed E-state index contributed by atoms with van der Waals surface area (Å²) in [6.45, 7) is 1.44. The van der Waals surface area contributed by atoms with Crippen LogP contribution in [0, 0.1) is 12.7 Å². The molecule has 4 rings (SSSR count). The summed E-state index contributed by atoms with van der Waals surface area (Å²) in [7, 11) is -3.98. The van der Waals surface area contributed by atoms with Crippen LogP contribution in [0.4, 0.5) is 10.1 Å². The molecule has 2 amide bonds. The van der Waals surface area contributed by atoms with Gasteiger partial charge in [-0.3, -0.25) is 13.9 Å². The van der Waals surface area contributed by atoms with Crippen LogP contribution in [0.25, 0.3) is 0 Å². The summed E-state index contributed by atoms with van der Waals surface area (Å²) in [5, 5.41) is 2.87. The first kappa shape index (κ1) is 30.5. The summed E-state index contributed by atoms with van der Waals surface area (Å²) in [6.07, 6.45) is 5.04. The molecule has 1 saturated carbocycles. The van der Waals surface area contributed by atoms with Gasteiger partial charge in [0.15, 0.2) is 0 Å². The number of nitrogens with one attached hydrogen (secondary N) is 1. The number of amides is 2. The van der Waals surface area contributed by atoms with Gasteiger partial charge in [0.25, 0.3) is 0 Å². The lowest BCUT2D eigenvalue weighted by Gasteiger charge is -2.34. The molecule has 41 heavy (non-hydrogen) atoms. The van der Waals surface area contributed by atoms with Crippen molar-refractivity contribution in [3.63, 3.8) is 0 Å². The van der Waals surface area contributed by atoms with Crippen LogP contribution in [-0.2, 0) is 32.6 Å². The van der Waals surface area contributed by atoms with E-state index in [4.69, 9.17) is 11.6 Å². The first-order valence-electron chi connectivity index (χ1n) is 13.6. The molecule has 0 heterocycles. The van der Waals surface area contributed by atoms with E-state index in [-0.39, 0.29) is 35.6 Å². The monoisotopic (exact) mass is 599 g/mol. The van der Waals surface area contributed by atoms with Gasteiger partial charge in [-0.15, -0.1) is 0 Å². The molecule has 1 N–H and O–H groups in total. The van der Waals surface area contributed by atoms with Crippen LogP contribution in [0.2, 0.25) is 5.02 Å². The summed E-state index contributed by atoms with van der Waals surface area (Å²) in [4.78, 5) is 29.4. The molecule has 0 spiro atoms. The summed E-state index contributed by atoms with van der Waals surface area (Å²) in [6, 6.07) is 19.7. The molecule has 1 unspecified atom stereocenters. The summed E-state index contributed by atoms with van der Waals surface area (Å²) >= 11 is 5.95. The third kappa shape index (κ3) is 8.30. The molecular formula is C31H35ClFN3O4S. The fraction of sp³-hybridized carbons (Fsp3) is 0.355. The Bertz CT molecular complexity index is 1480. The molecule has 1 atom stereocenters. The molecule has 1 aliphatic carbocycles. The van der Waals surface area contributed by atoms with Crippen LogP contribution < -0.4 is 9.62 Å². The quantitative estimate of drug-likeness (QED) is 0.326. The normalized spacial score (nSPS) is 14.4. The van der Waals surface area contributed by atoms with Crippen LogP contribution in [0.3, 0.4) is 0 Å². The fourth-order valence-corrected chi connectivity index (χ4v) is 6.20. The Hall–Kier alpha value is -3.43. The van der Waals surface area contributed by atoms with Crippen molar-refractivity contribution >= 4 is 39.1 Å². The van der Waals surface area contributed by atoms with Crippen LogP contribution in [0.1, 0.15) is 42.4 Å². The van der Waals surface area contributed by atoms with Crippen molar-refractivity contribution in [3.05, 3.63) is 100 Å². The lowest BCUT2D eigenvalue weighted by Crippen LogP contribution is -2.54. The molecule has 1 aliphatic rings. The third-order valence-corrected chi connectivity index (χ3v) is 8.71. The Morgan fingerprint density at radius 2 is 1.68 bits per heavy atom. The predicted molar refractivity (Wildman–Crippen MR) is 160 cm³/mol. The van der Waals surface area contributed by atoms with Gasteiger partial charge in [0.2, 0.25) is 21.8 Å². The molecule has 0 saturated heterocycles. The molecule has 0 bridgehead atoms. The van der Waals surface area contributed by atoms with E-state index in [2.05, 4.69) is 5.32 Å². The van der Waals surface area contributed by atoms with E-state index < -0.39 is 34.3 Å². The van der Waals surface area contributed by atoms with E-state index in [0.29, 0.717) is 0 Å². The van der Waals surface area contributed by atoms with Crippen molar-refractivity contribution < 1.29 is 22.4 Å². The number of hydrogen-bond acceptors (Lipinski definition) is 4. The van der Waals surface area contributed by atoms with Crippen LogP contribution in [0.5, 0.6) is 0 Å². The fourth-order valence-electron chi connectivity index (χ4n) is 5.18. The maximum Gasteiger partial charge on any atom is 0.244 e. The second kappa shape index (κ2) is 13.5. The zero-order valence-corrected chi connectivity index (χ0v) is 24.8. The van der Waals surface area contributed by atoms with Crippen molar-refractivity contribution in [1.29, 1.82) is 0 Å². The second-order valence-corrected chi connectivity index (χ2v) is 12.9. The Kier molecular flexibility index (Phi) is 10.0. The van der Waals surface area contributed by atoms with Crippen molar-refractivity contribution in [2.45, 2.75) is 57.7 Å². The maximum absolute atomic E-state index is 14.1. The zero-order valence-electron chi connectivity index (χ0n) is 23.2. The first-order valence-corrected chi connectivity index (χ1v) is 15.9. The minimum atomic E-state index is -3.98. The zero-order chi connectivity index (χ0) is 29.6. The number of carbonyl (C=O) groups is 2. The Morgan fingerprint density at radius 1 is 1.00 bits per heavy atom. The van der Waals surface area contributed by atoms with Gasteiger partial charge in [-0.25, -0.2) is 12.8 Å². The Labute approximate surface area is 246 Å². The molecule has 10 heteroatoms. The Morgan fingerprint density at radius 3 is 2.32 bits per heavy atom. The predicted octanol–water partition coefficient (Wildman–Crippen LogP) is 5.25. The first-order chi connectivity index (χ1) is 19.5. The molecule has 0 aromatic heterocycles. The van der Waals surface area contributed by atoms with Crippen LogP contribution >= 0.6 is 11.6 Å². The highest BCUT2D eigenvalue weighted by molar-refractivity contribution is 7.92. The van der Waals surface area contributed by atoms with Gasteiger partial charge in [-0.1, -0.05) is 84.6 Å². The van der Waals surface area contributed by atoms with E-state index in [1.54, 1.807) is 0 Å². The van der Waals surface area contributed by atoms with Gasteiger partial charge in [0.1, 0.15) is 18.4 Å². The van der Waals surface area contributed by atoms with Gasteiger partial charge >= 0.3 is 0 Å². The van der Waals surface area contributed by atoms with E-state index in [1.165, 1.54) is 17.0 Å². The highest BCUT2D eigenvalue weighted by Gasteiger charge is 2.34. The number of benzene rings is 3. The number of rotatable bonds is 11. The van der Waals surface area contributed by atoms with Crippen molar-refractivity contribution in [3.8, 4) is 0 Å². The molecule has 0 aliphatic heterocycles. The van der Waals surface area contributed by atoms with Crippen LogP contribution in [-0.4, -0.2) is 50.0 Å². The van der Waals surface area contributed by atoms with Gasteiger partial charge in [-0.2, -0.15) is 0 Å². The number of nitrogens with zero attached hydrogens (tertiary/aromatic N) is 2. The van der Waals surface area contributed by atoms with Crippen molar-refractivity contribution in [2.75, 3.05) is 17.1 Å². The Balaban J connectivity index is 1.73. The van der Waals surface area contributed by atoms with Gasteiger partial charge in [-0.05, 0) is 49.1 Å². The van der Waals surface area contributed by atoms with E-state index in [0.717, 1.165) is 59.0 Å². The summed E-state index contributed by atoms with van der Waals surface area (Å²) in [5.74, 6) is -1.56. The molecule has 7 nitrogen and oxygen atoms in total. The smallest absolute Gasteiger partial charge is 0.244 e. The number of aryl methyl sites for hydroxylation is 1. The number of sulfonamides is 1. The molecule has 3 aromatic rings. The molecule has 0 radical (unpaired) electrons. The van der Waals surface area contributed by atoms with Crippen molar-refractivity contribution in [2.24, 2.45) is 0 Å². The lowest BCUT2D eigenvalue weighted by molar-refractivity contribution is -0.140. The average Bonchev–Trinajstić information content (AvgIpc) is 3.44. The van der Waals surface area contributed by atoms with Crippen molar-refractivity contribution in [1.82, 2.24) is 10.2 Å². The minimum Gasteiger partial charge on any atom is -0.352 e. The average molecular weight is 600 g/mol. The standard InChI is InChI=1S/C31H35ClFN3O4S/c1-22-9-8-12-24(17-22)20-35(30(37)21-36(41(2,39)40)26-15-16-28(33)27(32)19-26)29(18-23-10-4-3-5-11-23)31(38)34-25-13-6-7-14-25/h3-5,8-12,15-17,19,25,29H,6-7,13-14,18,20-21H2,1-2H3,(H,34,38). The molecule has 3 aromatic carbocycles. The lowest BCUT2D eigenvalue weighted by atomic mass is 10.0. The molecule has 1 fully saturated rings. The van der Waals surface area contributed by atoms with E-state index >= 15 is 0 Å². The number of anilines is 1. The SMILES string of the molecule is Cc1cccc(CN(C(=O)CN(c2ccc(F)c(Cl)c2)S(C)(=O)=O)C(Cc2ccccc2)C(=O)NC2CCCC2)c1. The largest absolute Gasteiger partial charge is 0.352 e. The highest BCUT2D eigenvalue weighted by atomic mass is 35.5. The topological polar surface area (TPSA) is 86.8 Å². The van der Waals surface area contributed by atoms with Gasteiger partial charge < -0.3 is 10.2 Å². The minimum absolute atomic E-state index is 0.0329. The maximum atomic E-state index is 14.1. The second-order valence-electron chi connectivity index (χ2n) is 10.6. The highest BCUT2D eigenvalue weighted by Crippen LogP contribution is 2.26. The van der Waals surface area contributed by atoms with Gasteiger partial charge in [0.05, 0.1) is 17.0 Å².